The molecule has 0 saturated carbocycles. The summed E-state index contributed by atoms with van der Waals surface area (Å²) in [7, 11) is 0. The number of thiophene rings is 6. The lowest BCUT2D eigenvalue weighted by molar-refractivity contribution is 1.62. The van der Waals surface area contributed by atoms with Crippen LogP contribution in [0.1, 0.15) is 0 Å². The second kappa shape index (κ2) is 12.2. The minimum Gasteiger partial charge on any atom is -0.137 e. The molecule has 0 aliphatic heterocycles. The van der Waals surface area contributed by atoms with Gasteiger partial charge in [0.05, 0.1) is 42.1 Å². The third-order valence-electron chi connectivity index (χ3n) is 4.22. The van der Waals surface area contributed by atoms with E-state index < -0.39 is 0 Å². The summed E-state index contributed by atoms with van der Waals surface area (Å²) >= 11 is 20.5. The Morgan fingerprint density at radius 2 is 0.571 bits per heavy atom. The maximum Gasteiger partial charge on any atom is 0.0666 e. The van der Waals surface area contributed by atoms with Crippen LogP contribution in [0.4, 0.5) is 0 Å². The van der Waals surface area contributed by atoms with Crippen LogP contribution >= 0.6 is 127 Å². The van der Waals surface area contributed by atoms with Gasteiger partial charge in [0.2, 0.25) is 0 Å². The first-order valence-electron chi connectivity index (χ1n) is 10.1. The van der Waals surface area contributed by atoms with Crippen molar-refractivity contribution in [2.45, 2.75) is 42.1 Å². The highest BCUT2D eigenvalue weighted by Crippen LogP contribution is 2.47. The van der Waals surface area contributed by atoms with Crippen molar-refractivity contribution in [2.24, 2.45) is 0 Å². The van der Waals surface area contributed by atoms with E-state index in [9.17, 15) is 0 Å². The van der Waals surface area contributed by atoms with E-state index in [1.165, 1.54) is 42.1 Å². The molecule has 6 rings (SSSR count). The summed E-state index contributed by atoms with van der Waals surface area (Å²) < 4.78 is 13.5. The largest absolute Gasteiger partial charge is 0.137 e. The first kappa shape index (κ1) is 25.2. The van der Waals surface area contributed by atoms with Gasteiger partial charge in [0.15, 0.2) is 0 Å². The maximum atomic E-state index is 2.26. The van der Waals surface area contributed by atoms with Crippen LogP contribution in [0.25, 0.3) is 0 Å². The molecule has 6 heterocycles. The Morgan fingerprint density at radius 3 is 0.800 bits per heavy atom. The van der Waals surface area contributed by atoms with Gasteiger partial charge in [-0.2, -0.15) is 0 Å². The Kier molecular flexibility index (Phi) is 8.80. The fourth-order valence-electron chi connectivity index (χ4n) is 2.79. The zero-order valence-electron chi connectivity index (χ0n) is 17.6. The molecule has 0 fully saturated rings. The molecule has 0 nitrogen and oxygen atoms in total. The fourth-order valence-corrected chi connectivity index (χ4v) is 16.3. The molecule has 0 N–H and O–H groups in total. The summed E-state index contributed by atoms with van der Waals surface area (Å²) in [4.78, 5) is 0. The van der Waals surface area contributed by atoms with Crippen molar-refractivity contribution in [1.29, 1.82) is 0 Å². The minimum absolute atomic E-state index is 1.35. The molecule has 6 aromatic heterocycles. The molecule has 0 atom stereocenters. The second-order valence-electron chi connectivity index (χ2n) is 6.67. The van der Waals surface area contributed by atoms with Crippen LogP contribution in [0.15, 0.2) is 126 Å². The number of hydrogen-bond donors (Lipinski definition) is 0. The first-order valence-corrected chi connectivity index (χ1v) is 19.2. The van der Waals surface area contributed by atoms with E-state index in [4.69, 9.17) is 0 Å². The molecular formula is C24H14S11. The normalized spacial score (nSPS) is 11.4. The van der Waals surface area contributed by atoms with Crippen LogP contribution < -0.4 is 0 Å². The summed E-state index contributed by atoms with van der Waals surface area (Å²) in [5, 5.41) is 4.27. The van der Waals surface area contributed by atoms with Crippen molar-refractivity contribution in [2.75, 3.05) is 0 Å². The van der Waals surface area contributed by atoms with Crippen LogP contribution in [-0.2, 0) is 0 Å². The Hall–Kier alpha value is -0.0500. The Labute approximate surface area is 249 Å². The quantitative estimate of drug-likeness (QED) is 0.144. The van der Waals surface area contributed by atoms with Gasteiger partial charge in [0.25, 0.3) is 0 Å². The van der Waals surface area contributed by atoms with Gasteiger partial charge in [-0.25, -0.2) is 0 Å². The third kappa shape index (κ3) is 7.08. The highest BCUT2D eigenvalue weighted by Gasteiger charge is 2.11. The Morgan fingerprint density at radius 1 is 0.314 bits per heavy atom. The van der Waals surface area contributed by atoms with Crippen LogP contribution in [0.2, 0.25) is 0 Å². The van der Waals surface area contributed by atoms with Gasteiger partial charge >= 0.3 is 0 Å². The number of rotatable bonds is 10. The zero-order valence-corrected chi connectivity index (χ0v) is 26.6. The van der Waals surface area contributed by atoms with Crippen LogP contribution in [0, 0.1) is 0 Å². The SMILES string of the molecule is c1csc(Sc2ccc(Sc3ccc(Sc4ccc(Sc5ccc(Sc6cccs6)s5)s4)s3)s2)c1. The molecule has 0 radical (unpaired) electrons. The Balaban J connectivity index is 1.03. The van der Waals surface area contributed by atoms with Crippen LogP contribution in [-0.4, -0.2) is 0 Å². The second-order valence-corrected chi connectivity index (χ2v) is 20.9. The van der Waals surface area contributed by atoms with E-state index >= 15 is 0 Å². The maximum absolute atomic E-state index is 2.26. The van der Waals surface area contributed by atoms with Crippen molar-refractivity contribution in [3.05, 3.63) is 83.6 Å². The average molecular weight is 655 g/mol. The monoisotopic (exact) mass is 654 g/mol. The lowest BCUT2D eigenvalue weighted by Crippen LogP contribution is -1.57. The van der Waals surface area contributed by atoms with E-state index in [2.05, 4.69) is 83.6 Å². The standard InChI is InChI=1S/C24H14S11/c1-3-15(25-13-1)27-17-5-7-19(29-17)31-21-9-11-23(33-21)35-24-12-10-22(34-24)32-20-8-6-18(30-20)28-16-4-2-14-26-16/h1-14H. The zero-order chi connectivity index (χ0) is 23.5. The summed E-state index contributed by atoms with van der Waals surface area (Å²) in [6.07, 6.45) is 0. The molecule has 35 heavy (non-hydrogen) atoms. The lowest BCUT2D eigenvalue weighted by Gasteiger charge is -1.95. The smallest absolute Gasteiger partial charge is 0.0666 e. The van der Waals surface area contributed by atoms with Gasteiger partial charge < -0.3 is 0 Å². The average Bonchev–Trinajstić information content (AvgIpc) is 3.66. The van der Waals surface area contributed by atoms with Gasteiger partial charge in [0.1, 0.15) is 0 Å². The summed E-state index contributed by atoms with van der Waals surface area (Å²) in [6.45, 7) is 0. The van der Waals surface area contributed by atoms with Gasteiger partial charge in [-0.05, 0) is 71.4 Å². The molecule has 176 valence electrons. The van der Waals surface area contributed by atoms with E-state index in [1.54, 1.807) is 22.7 Å². The van der Waals surface area contributed by atoms with Crippen molar-refractivity contribution in [3.8, 4) is 0 Å². The van der Waals surface area contributed by atoms with Crippen molar-refractivity contribution >= 4 is 127 Å². The van der Waals surface area contributed by atoms with Gasteiger partial charge in [0, 0.05) is 0 Å². The molecule has 0 unspecified atom stereocenters. The molecule has 0 bridgehead atoms. The molecule has 6 aromatic rings. The third-order valence-corrected chi connectivity index (χ3v) is 16.7. The van der Waals surface area contributed by atoms with E-state index in [1.807, 2.05) is 104 Å². The molecule has 0 aromatic carbocycles. The van der Waals surface area contributed by atoms with Crippen molar-refractivity contribution < 1.29 is 0 Å². The molecule has 0 aliphatic carbocycles. The van der Waals surface area contributed by atoms with Crippen LogP contribution in [0.3, 0.4) is 0 Å². The highest BCUT2D eigenvalue weighted by molar-refractivity contribution is 8.07. The summed E-state index contributed by atoms with van der Waals surface area (Å²) in [5.41, 5.74) is 0. The van der Waals surface area contributed by atoms with E-state index in [-0.39, 0.29) is 0 Å². The first-order chi connectivity index (χ1) is 17.2. The molecule has 0 aliphatic rings. The number of hydrogen-bond acceptors (Lipinski definition) is 11. The van der Waals surface area contributed by atoms with Crippen molar-refractivity contribution in [1.82, 2.24) is 0 Å². The van der Waals surface area contributed by atoms with Gasteiger partial charge in [-0.1, -0.05) is 70.9 Å². The van der Waals surface area contributed by atoms with Crippen molar-refractivity contribution in [3.63, 3.8) is 0 Å². The predicted molar refractivity (Wildman–Crippen MR) is 167 cm³/mol. The lowest BCUT2D eigenvalue weighted by atomic mass is 10.7. The Bertz CT molecular complexity index is 1360. The molecule has 0 saturated heterocycles. The molecule has 0 spiro atoms. The highest BCUT2D eigenvalue weighted by atomic mass is 32.2. The van der Waals surface area contributed by atoms with Crippen LogP contribution in [0.5, 0.6) is 0 Å². The minimum atomic E-state index is 1.35. The summed E-state index contributed by atoms with van der Waals surface area (Å²) in [5.74, 6) is 0. The summed E-state index contributed by atoms with van der Waals surface area (Å²) in [6, 6.07) is 26.6. The molecular weight excluding hydrogens is 641 g/mol. The molecule has 11 heteroatoms. The fraction of sp³-hybridized carbons (Fsp3) is 0. The van der Waals surface area contributed by atoms with E-state index in [0.29, 0.717) is 0 Å². The topological polar surface area (TPSA) is 0 Å². The van der Waals surface area contributed by atoms with E-state index in [0.717, 1.165) is 0 Å². The van der Waals surface area contributed by atoms with Gasteiger partial charge in [-0.3, -0.25) is 0 Å². The van der Waals surface area contributed by atoms with Gasteiger partial charge in [-0.15, -0.1) is 68.0 Å². The molecule has 0 amide bonds. The predicted octanol–water partition coefficient (Wildman–Crippen LogP) is 12.8.